The molecule has 1 aromatic heterocycles. The molecule has 1 unspecified atom stereocenters. The summed E-state index contributed by atoms with van der Waals surface area (Å²) in [6, 6.07) is 17.3. The molecule has 6 heteroatoms. The molecule has 1 amide bonds. The Balaban J connectivity index is 1.46. The second-order valence-corrected chi connectivity index (χ2v) is 6.50. The van der Waals surface area contributed by atoms with Gasteiger partial charge < -0.3 is 14.8 Å². The summed E-state index contributed by atoms with van der Waals surface area (Å²) in [5, 5.41) is 7.47. The zero-order chi connectivity index (χ0) is 18.8. The van der Waals surface area contributed by atoms with Gasteiger partial charge in [-0.1, -0.05) is 30.3 Å². The van der Waals surface area contributed by atoms with Crippen LogP contribution in [0.5, 0.6) is 11.5 Å². The highest BCUT2D eigenvalue weighted by atomic mass is 16.6. The van der Waals surface area contributed by atoms with Crippen LogP contribution in [0, 0.1) is 13.8 Å². The van der Waals surface area contributed by atoms with Gasteiger partial charge in [0.15, 0.2) is 11.5 Å². The Kier molecular flexibility index (Phi) is 4.54. The monoisotopic (exact) mass is 363 g/mol. The molecule has 6 nitrogen and oxygen atoms in total. The van der Waals surface area contributed by atoms with E-state index in [1.165, 1.54) is 0 Å². The standard InChI is InChI=1S/C21H21N3O3/c1-14-20(15(2)24(23-14)16-8-4-3-5-9-16)21(25)22-12-17-13-26-18-10-6-7-11-19(18)27-17/h3-11,17H,12-13H2,1-2H3,(H,22,25). The number of hydrogen-bond acceptors (Lipinski definition) is 4. The van der Waals surface area contributed by atoms with Gasteiger partial charge in [-0.2, -0.15) is 5.10 Å². The number of para-hydroxylation sites is 3. The average molecular weight is 363 g/mol. The molecule has 0 fully saturated rings. The molecule has 2 heterocycles. The summed E-state index contributed by atoms with van der Waals surface area (Å²) in [7, 11) is 0. The summed E-state index contributed by atoms with van der Waals surface area (Å²) in [5.41, 5.74) is 3.02. The van der Waals surface area contributed by atoms with Crippen LogP contribution in [0.2, 0.25) is 0 Å². The summed E-state index contributed by atoms with van der Waals surface area (Å²) in [6.07, 6.45) is -0.228. The second kappa shape index (κ2) is 7.15. The summed E-state index contributed by atoms with van der Waals surface area (Å²) in [4.78, 5) is 12.8. The van der Waals surface area contributed by atoms with Crippen LogP contribution in [-0.2, 0) is 0 Å². The van der Waals surface area contributed by atoms with Crippen LogP contribution in [0.15, 0.2) is 54.6 Å². The Morgan fingerprint density at radius 1 is 1.11 bits per heavy atom. The van der Waals surface area contributed by atoms with E-state index in [-0.39, 0.29) is 12.0 Å². The number of carbonyl (C=O) groups is 1. The highest BCUT2D eigenvalue weighted by Crippen LogP contribution is 2.30. The van der Waals surface area contributed by atoms with Crippen molar-refractivity contribution in [3.63, 3.8) is 0 Å². The maximum atomic E-state index is 12.8. The van der Waals surface area contributed by atoms with Crippen molar-refractivity contribution < 1.29 is 14.3 Å². The number of amides is 1. The third-order valence-electron chi connectivity index (χ3n) is 4.58. The highest BCUT2D eigenvalue weighted by molar-refractivity contribution is 5.96. The maximum absolute atomic E-state index is 12.8. The minimum absolute atomic E-state index is 0.158. The largest absolute Gasteiger partial charge is 0.486 e. The molecule has 1 atom stereocenters. The van der Waals surface area contributed by atoms with E-state index in [9.17, 15) is 4.79 Å². The van der Waals surface area contributed by atoms with Crippen molar-refractivity contribution in [1.29, 1.82) is 0 Å². The molecule has 0 radical (unpaired) electrons. The first kappa shape index (κ1) is 17.1. The number of carbonyl (C=O) groups excluding carboxylic acids is 1. The normalized spacial score (nSPS) is 15.4. The van der Waals surface area contributed by atoms with Crippen molar-refractivity contribution in [2.45, 2.75) is 20.0 Å². The molecule has 3 aromatic rings. The molecular weight excluding hydrogens is 342 g/mol. The van der Waals surface area contributed by atoms with Crippen molar-refractivity contribution in [3.05, 3.63) is 71.5 Å². The number of nitrogens with zero attached hydrogens (tertiary/aromatic N) is 2. The lowest BCUT2D eigenvalue weighted by atomic mass is 10.1. The molecule has 138 valence electrons. The fraction of sp³-hybridized carbons (Fsp3) is 0.238. The van der Waals surface area contributed by atoms with Crippen molar-refractivity contribution in [1.82, 2.24) is 15.1 Å². The summed E-state index contributed by atoms with van der Waals surface area (Å²) in [5.74, 6) is 1.28. The van der Waals surface area contributed by atoms with Crippen LogP contribution in [0.4, 0.5) is 0 Å². The highest BCUT2D eigenvalue weighted by Gasteiger charge is 2.23. The third-order valence-corrected chi connectivity index (χ3v) is 4.58. The Morgan fingerprint density at radius 2 is 1.81 bits per heavy atom. The van der Waals surface area contributed by atoms with Crippen LogP contribution in [-0.4, -0.2) is 34.9 Å². The van der Waals surface area contributed by atoms with Crippen molar-refractivity contribution in [3.8, 4) is 17.2 Å². The minimum Gasteiger partial charge on any atom is -0.486 e. The molecule has 1 N–H and O–H groups in total. The van der Waals surface area contributed by atoms with Gasteiger partial charge in [-0.15, -0.1) is 0 Å². The lowest BCUT2D eigenvalue weighted by Gasteiger charge is -2.26. The van der Waals surface area contributed by atoms with Crippen LogP contribution in [0.3, 0.4) is 0 Å². The predicted molar refractivity (Wildman–Crippen MR) is 102 cm³/mol. The molecule has 0 saturated heterocycles. The Labute approximate surface area is 157 Å². The first-order valence-corrected chi connectivity index (χ1v) is 8.92. The smallest absolute Gasteiger partial charge is 0.255 e. The van der Waals surface area contributed by atoms with E-state index in [1.54, 1.807) is 4.68 Å². The van der Waals surface area contributed by atoms with E-state index in [4.69, 9.17) is 9.47 Å². The van der Waals surface area contributed by atoms with E-state index in [1.807, 2.05) is 68.4 Å². The SMILES string of the molecule is Cc1nn(-c2ccccc2)c(C)c1C(=O)NCC1COc2ccccc2O1. The molecule has 2 aromatic carbocycles. The van der Waals surface area contributed by atoms with Gasteiger partial charge in [-0.05, 0) is 38.1 Å². The number of ether oxygens (including phenoxy) is 2. The van der Waals surface area contributed by atoms with E-state index in [0.717, 1.165) is 17.1 Å². The van der Waals surface area contributed by atoms with Crippen molar-refractivity contribution >= 4 is 5.91 Å². The molecule has 0 saturated carbocycles. The van der Waals surface area contributed by atoms with Crippen LogP contribution >= 0.6 is 0 Å². The quantitative estimate of drug-likeness (QED) is 0.774. The predicted octanol–water partition coefficient (Wildman–Crippen LogP) is 3.06. The zero-order valence-corrected chi connectivity index (χ0v) is 15.3. The maximum Gasteiger partial charge on any atom is 0.255 e. The molecule has 0 bridgehead atoms. The first-order valence-electron chi connectivity index (χ1n) is 8.92. The first-order chi connectivity index (χ1) is 13.1. The fourth-order valence-corrected chi connectivity index (χ4v) is 3.25. The molecule has 1 aliphatic heterocycles. The minimum atomic E-state index is -0.228. The fourth-order valence-electron chi connectivity index (χ4n) is 3.25. The molecule has 4 rings (SSSR count). The van der Waals surface area contributed by atoms with Gasteiger partial charge in [-0.25, -0.2) is 4.68 Å². The van der Waals surface area contributed by atoms with Crippen molar-refractivity contribution in [2.75, 3.05) is 13.2 Å². The van der Waals surface area contributed by atoms with Crippen molar-refractivity contribution in [2.24, 2.45) is 0 Å². The van der Waals surface area contributed by atoms with Gasteiger partial charge in [-0.3, -0.25) is 4.79 Å². The van der Waals surface area contributed by atoms with Crippen LogP contribution in [0.1, 0.15) is 21.7 Å². The number of hydrogen-bond donors (Lipinski definition) is 1. The van der Waals surface area contributed by atoms with Gasteiger partial charge >= 0.3 is 0 Å². The number of rotatable bonds is 4. The van der Waals surface area contributed by atoms with Gasteiger partial charge in [0.2, 0.25) is 0 Å². The summed E-state index contributed by atoms with van der Waals surface area (Å²) < 4.78 is 13.4. The molecule has 0 aliphatic carbocycles. The molecular formula is C21H21N3O3. The van der Waals surface area contributed by atoms with E-state index in [0.29, 0.717) is 30.2 Å². The third kappa shape index (κ3) is 3.38. The zero-order valence-electron chi connectivity index (χ0n) is 15.3. The lowest BCUT2D eigenvalue weighted by Crippen LogP contribution is -2.41. The summed E-state index contributed by atoms with van der Waals surface area (Å²) >= 11 is 0. The second-order valence-electron chi connectivity index (χ2n) is 6.50. The van der Waals surface area contributed by atoms with Crippen LogP contribution in [0.25, 0.3) is 5.69 Å². The Morgan fingerprint density at radius 3 is 2.59 bits per heavy atom. The molecule has 27 heavy (non-hydrogen) atoms. The number of nitrogens with one attached hydrogen (secondary N) is 1. The lowest BCUT2D eigenvalue weighted by molar-refractivity contribution is 0.0788. The Hall–Kier alpha value is -3.28. The number of aromatic nitrogens is 2. The Bertz CT molecular complexity index is 966. The van der Waals surface area contributed by atoms with E-state index >= 15 is 0 Å². The van der Waals surface area contributed by atoms with Gasteiger partial charge in [0.05, 0.1) is 29.2 Å². The summed E-state index contributed by atoms with van der Waals surface area (Å²) in [6.45, 7) is 4.51. The number of fused-ring (bicyclic) bond motifs is 1. The van der Waals surface area contributed by atoms with Crippen LogP contribution < -0.4 is 14.8 Å². The van der Waals surface area contributed by atoms with E-state index < -0.39 is 0 Å². The van der Waals surface area contributed by atoms with Gasteiger partial charge in [0, 0.05) is 0 Å². The van der Waals surface area contributed by atoms with E-state index in [2.05, 4.69) is 10.4 Å². The molecule has 0 spiro atoms. The number of benzene rings is 2. The average Bonchev–Trinajstić information content (AvgIpc) is 3.01. The molecule has 1 aliphatic rings. The van der Waals surface area contributed by atoms with Gasteiger partial charge in [0.25, 0.3) is 5.91 Å². The van der Waals surface area contributed by atoms with Gasteiger partial charge in [0.1, 0.15) is 12.7 Å². The topological polar surface area (TPSA) is 65.4 Å². The number of aryl methyl sites for hydroxylation is 1.